The highest BCUT2D eigenvalue weighted by Crippen LogP contribution is 2.39. The first-order chi connectivity index (χ1) is 9.99. The van der Waals surface area contributed by atoms with Gasteiger partial charge in [-0.15, -0.1) is 11.3 Å². The minimum absolute atomic E-state index is 0.346. The quantitative estimate of drug-likeness (QED) is 0.646. The number of halogens is 1. The first-order valence-electron chi connectivity index (χ1n) is 6.41. The van der Waals surface area contributed by atoms with Gasteiger partial charge in [0.25, 0.3) is 11.8 Å². The van der Waals surface area contributed by atoms with E-state index in [1.165, 1.54) is 17.4 Å². The van der Waals surface area contributed by atoms with Crippen molar-refractivity contribution in [3.05, 3.63) is 52.2 Å². The zero-order valence-corrected chi connectivity index (χ0v) is 12.3. The van der Waals surface area contributed by atoms with Gasteiger partial charge >= 0.3 is 0 Å². The third-order valence-electron chi connectivity index (χ3n) is 3.30. The minimum Gasteiger partial charge on any atom is -0.288 e. The fourth-order valence-electron chi connectivity index (χ4n) is 2.33. The number of carbonyl (C=O) groups excluding carboxylic acids is 2. The number of rotatable bonds is 1. The second-order valence-electron chi connectivity index (χ2n) is 4.99. The van der Waals surface area contributed by atoms with Crippen LogP contribution in [0.1, 0.15) is 29.1 Å². The summed E-state index contributed by atoms with van der Waals surface area (Å²) in [5.74, 6) is -1.17. The molecule has 0 radical (unpaired) electrons. The minimum atomic E-state index is -0.432. The molecule has 1 aliphatic heterocycles. The number of benzene rings is 1. The average Bonchev–Trinajstić information content (AvgIpc) is 2.83. The van der Waals surface area contributed by atoms with Gasteiger partial charge in [-0.1, -0.05) is 23.8 Å². The summed E-state index contributed by atoms with van der Waals surface area (Å²) in [6, 6.07) is 8.03. The van der Waals surface area contributed by atoms with E-state index in [9.17, 15) is 14.0 Å². The molecule has 1 aromatic carbocycles. The number of carbonyl (C=O) groups is 2. The van der Waals surface area contributed by atoms with Crippen molar-refractivity contribution in [2.75, 3.05) is 0 Å². The highest BCUT2D eigenvalue weighted by Gasteiger charge is 2.31. The van der Waals surface area contributed by atoms with E-state index in [0.717, 1.165) is 5.57 Å². The van der Waals surface area contributed by atoms with Crippen LogP contribution in [0, 0.1) is 5.82 Å². The van der Waals surface area contributed by atoms with Crippen molar-refractivity contribution >= 4 is 28.7 Å². The van der Waals surface area contributed by atoms with Crippen LogP contribution in [0.25, 0.3) is 16.0 Å². The lowest BCUT2D eigenvalue weighted by atomic mass is 10.00. The summed E-state index contributed by atoms with van der Waals surface area (Å²) in [7, 11) is 0. The number of nitrogens with one attached hydrogen (secondary N) is 1. The summed E-state index contributed by atoms with van der Waals surface area (Å²) in [6.45, 7) is 3.63. The van der Waals surface area contributed by atoms with Gasteiger partial charge in [-0.25, -0.2) is 4.39 Å². The molecule has 0 unspecified atom stereocenters. The Morgan fingerprint density at radius 2 is 1.81 bits per heavy atom. The molecule has 106 valence electrons. The van der Waals surface area contributed by atoms with Crippen LogP contribution in [0.3, 0.4) is 0 Å². The topological polar surface area (TPSA) is 46.2 Å². The molecule has 2 heterocycles. The molecule has 1 aliphatic rings. The molecule has 0 atom stereocenters. The molecule has 5 heteroatoms. The number of hydrogen-bond acceptors (Lipinski definition) is 3. The van der Waals surface area contributed by atoms with E-state index in [-0.39, 0.29) is 5.82 Å². The Hall–Kier alpha value is -2.27. The lowest BCUT2D eigenvalue weighted by Crippen LogP contribution is -2.35. The fourth-order valence-corrected chi connectivity index (χ4v) is 3.66. The van der Waals surface area contributed by atoms with Crippen LogP contribution >= 0.6 is 11.3 Å². The smallest absolute Gasteiger partial charge is 0.259 e. The second kappa shape index (κ2) is 4.93. The third kappa shape index (κ3) is 2.19. The predicted octanol–water partition coefficient (Wildman–Crippen LogP) is 3.62. The standard InChI is InChI=1S/C16H12FNO2S/c1-8(2)13-14-10(15(19)18-16(13)20)7-12(21-14)9-5-3-4-6-11(9)17/h3-7H,1-2H3,(H,18,19,20). The van der Waals surface area contributed by atoms with E-state index in [1.807, 2.05) is 13.8 Å². The summed E-state index contributed by atoms with van der Waals surface area (Å²) in [6.07, 6.45) is 0. The molecular weight excluding hydrogens is 289 g/mol. The normalized spacial score (nSPS) is 14.0. The van der Waals surface area contributed by atoms with E-state index < -0.39 is 11.8 Å². The van der Waals surface area contributed by atoms with Crippen LogP contribution in [0.5, 0.6) is 0 Å². The number of amides is 2. The number of thiophene rings is 1. The van der Waals surface area contributed by atoms with Gasteiger partial charge in [0.1, 0.15) is 5.82 Å². The van der Waals surface area contributed by atoms with Gasteiger partial charge in [0, 0.05) is 10.4 Å². The SMILES string of the molecule is CC(C)=C1C(=O)NC(=O)c2cc(-c3ccccc3F)sc21. The third-order valence-corrected chi connectivity index (χ3v) is 4.48. The number of hydrogen-bond donors (Lipinski definition) is 1. The van der Waals surface area contributed by atoms with Crippen LogP contribution in [0.2, 0.25) is 0 Å². The number of imide groups is 1. The highest BCUT2D eigenvalue weighted by atomic mass is 32.1. The molecule has 3 nitrogen and oxygen atoms in total. The first-order valence-corrected chi connectivity index (χ1v) is 7.23. The lowest BCUT2D eigenvalue weighted by molar-refractivity contribution is -0.114. The summed E-state index contributed by atoms with van der Waals surface area (Å²) >= 11 is 1.27. The van der Waals surface area contributed by atoms with Crippen molar-refractivity contribution in [3.8, 4) is 10.4 Å². The lowest BCUT2D eigenvalue weighted by Gasteiger charge is -2.15. The largest absolute Gasteiger partial charge is 0.288 e. The molecule has 0 spiro atoms. The van der Waals surface area contributed by atoms with Crippen molar-refractivity contribution in [2.45, 2.75) is 13.8 Å². The average molecular weight is 301 g/mol. The summed E-state index contributed by atoms with van der Waals surface area (Å²) in [5, 5.41) is 2.32. The molecule has 2 amide bonds. The molecule has 0 saturated carbocycles. The molecule has 1 N–H and O–H groups in total. The van der Waals surface area contributed by atoms with Gasteiger partial charge in [-0.2, -0.15) is 0 Å². The van der Waals surface area contributed by atoms with Crippen molar-refractivity contribution < 1.29 is 14.0 Å². The molecule has 1 aromatic heterocycles. The van der Waals surface area contributed by atoms with Gasteiger partial charge in [0.15, 0.2) is 0 Å². The summed E-state index contributed by atoms with van der Waals surface area (Å²) in [5.41, 5.74) is 2.18. The van der Waals surface area contributed by atoms with E-state index >= 15 is 0 Å². The van der Waals surface area contributed by atoms with Crippen LogP contribution in [-0.4, -0.2) is 11.8 Å². The van der Waals surface area contributed by atoms with Crippen molar-refractivity contribution in [3.63, 3.8) is 0 Å². The van der Waals surface area contributed by atoms with Gasteiger partial charge in [-0.3, -0.25) is 14.9 Å². The Morgan fingerprint density at radius 3 is 2.48 bits per heavy atom. The maximum absolute atomic E-state index is 13.9. The molecule has 2 aromatic rings. The Kier molecular flexibility index (Phi) is 3.22. The van der Waals surface area contributed by atoms with Gasteiger partial charge in [0.05, 0.1) is 16.0 Å². The predicted molar refractivity (Wildman–Crippen MR) is 80.5 cm³/mol. The Morgan fingerprint density at radius 1 is 1.10 bits per heavy atom. The fraction of sp³-hybridized carbons (Fsp3) is 0.125. The van der Waals surface area contributed by atoms with Crippen LogP contribution in [0.4, 0.5) is 4.39 Å². The zero-order chi connectivity index (χ0) is 15.1. The molecule has 0 fully saturated rings. The highest BCUT2D eigenvalue weighted by molar-refractivity contribution is 7.17. The zero-order valence-electron chi connectivity index (χ0n) is 11.5. The van der Waals surface area contributed by atoms with Gasteiger partial charge in [-0.05, 0) is 26.0 Å². The van der Waals surface area contributed by atoms with Crippen molar-refractivity contribution in [1.29, 1.82) is 0 Å². The number of fused-ring (bicyclic) bond motifs is 1. The van der Waals surface area contributed by atoms with E-state index in [1.54, 1.807) is 24.3 Å². The van der Waals surface area contributed by atoms with Crippen LogP contribution < -0.4 is 5.32 Å². The molecule has 0 saturated heterocycles. The van der Waals surface area contributed by atoms with Crippen LogP contribution in [-0.2, 0) is 4.79 Å². The second-order valence-corrected chi connectivity index (χ2v) is 6.04. The van der Waals surface area contributed by atoms with Crippen molar-refractivity contribution in [1.82, 2.24) is 5.32 Å². The summed E-state index contributed by atoms with van der Waals surface area (Å²) in [4.78, 5) is 25.2. The molecule has 21 heavy (non-hydrogen) atoms. The van der Waals surface area contributed by atoms with Crippen molar-refractivity contribution in [2.24, 2.45) is 0 Å². The molecule has 0 bridgehead atoms. The Bertz CT molecular complexity index is 800. The van der Waals surface area contributed by atoms with Gasteiger partial charge < -0.3 is 0 Å². The molecular formula is C16H12FNO2S. The number of allylic oxidation sites excluding steroid dienone is 1. The summed E-state index contributed by atoms with van der Waals surface area (Å²) < 4.78 is 13.9. The van der Waals surface area contributed by atoms with Gasteiger partial charge in [0.2, 0.25) is 0 Å². The van der Waals surface area contributed by atoms with E-state index in [0.29, 0.717) is 26.5 Å². The Balaban J connectivity index is 2.23. The monoisotopic (exact) mass is 301 g/mol. The first kappa shape index (κ1) is 13.7. The van der Waals surface area contributed by atoms with E-state index in [4.69, 9.17) is 0 Å². The van der Waals surface area contributed by atoms with E-state index in [2.05, 4.69) is 5.32 Å². The molecule has 0 aliphatic carbocycles. The Labute approximate surface area is 125 Å². The maximum Gasteiger partial charge on any atom is 0.259 e. The maximum atomic E-state index is 13.9. The van der Waals surface area contributed by atoms with Crippen LogP contribution in [0.15, 0.2) is 35.9 Å². The molecule has 3 rings (SSSR count).